The first-order valence-corrected chi connectivity index (χ1v) is 5.88. The normalized spacial score (nSPS) is 14.3. The zero-order chi connectivity index (χ0) is 14.2. The molecule has 0 spiro atoms. The number of fused-ring (bicyclic) bond motifs is 1. The third-order valence-corrected chi connectivity index (χ3v) is 2.77. The number of halogens is 5. The predicted octanol–water partition coefficient (Wildman–Crippen LogP) is 3.63. The van der Waals surface area contributed by atoms with Crippen LogP contribution in [0.1, 0.15) is 18.1 Å². The fraction of sp³-hybridized carbons (Fsp3) is 0.455. The van der Waals surface area contributed by atoms with Crippen LogP contribution in [0.3, 0.4) is 0 Å². The molecule has 2 rings (SSSR count). The van der Waals surface area contributed by atoms with Gasteiger partial charge in [-0.1, -0.05) is 0 Å². The molecular weight excluding hydrogens is 286 g/mol. The number of aromatic nitrogens is 3. The van der Waals surface area contributed by atoms with E-state index >= 15 is 0 Å². The smallest absolute Gasteiger partial charge is 0.305 e. The summed E-state index contributed by atoms with van der Waals surface area (Å²) in [6, 6.07) is 3.13. The van der Waals surface area contributed by atoms with Gasteiger partial charge in [-0.2, -0.15) is 8.78 Å². The van der Waals surface area contributed by atoms with Crippen LogP contribution >= 0.6 is 11.6 Å². The third-order valence-electron chi connectivity index (χ3n) is 2.58. The van der Waals surface area contributed by atoms with E-state index in [1.54, 1.807) is 12.1 Å². The second-order valence-corrected chi connectivity index (χ2v) is 4.73. The van der Waals surface area contributed by atoms with Crippen molar-refractivity contribution in [2.45, 2.75) is 31.2 Å². The molecule has 0 aliphatic rings. The monoisotopic (exact) mass is 295 g/mol. The number of pyridine rings is 1. The molecule has 0 radical (unpaired) electrons. The van der Waals surface area contributed by atoms with Crippen molar-refractivity contribution in [2.24, 2.45) is 0 Å². The fourth-order valence-electron chi connectivity index (χ4n) is 1.72. The fourth-order valence-corrected chi connectivity index (χ4v) is 1.88. The van der Waals surface area contributed by atoms with Gasteiger partial charge in [-0.25, -0.2) is 18.7 Å². The highest BCUT2D eigenvalue weighted by Crippen LogP contribution is 2.30. The van der Waals surface area contributed by atoms with Crippen molar-refractivity contribution in [1.82, 2.24) is 14.5 Å². The van der Waals surface area contributed by atoms with E-state index in [0.717, 1.165) is 4.57 Å². The van der Waals surface area contributed by atoms with Crippen LogP contribution in [0.25, 0.3) is 11.2 Å². The van der Waals surface area contributed by atoms with E-state index in [9.17, 15) is 17.6 Å². The Labute approximate surface area is 111 Å². The molecule has 0 aliphatic heterocycles. The van der Waals surface area contributed by atoms with Gasteiger partial charge in [-0.05, 0) is 19.1 Å². The van der Waals surface area contributed by atoms with Crippen LogP contribution in [0, 0.1) is 0 Å². The molecular formula is C11H10ClF4N3. The molecule has 0 N–H and O–H groups in total. The third kappa shape index (κ3) is 2.65. The molecule has 8 heteroatoms. The summed E-state index contributed by atoms with van der Waals surface area (Å²) < 4.78 is 52.0. The van der Waals surface area contributed by atoms with Gasteiger partial charge in [0.1, 0.15) is 11.3 Å². The Morgan fingerprint density at radius 3 is 2.68 bits per heavy atom. The summed E-state index contributed by atoms with van der Waals surface area (Å²) >= 11 is 5.84. The highest BCUT2D eigenvalue weighted by molar-refractivity contribution is 6.20. The van der Waals surface area contributed by atoms with Crippen molar-refractivity contribution in [2.75, 3.05) is 0 Å². The van der Waals surface area contributed by atoms with Crippen LogP contribution in [-0.2, 0) is 6.54 Å². The standard InChI is InChI=1S/C11H10ClF4N3/c1-6(12)8-18-7-3-2-4-17-9(7)19(8)5-11(15,16)10(13)14/h2-4,6,10H,5H2,1H3. The Kier molecular flexibility index (Phi) is 3.66. The maximum absolute atomic E-state index is 13.2. The number of rotatable bonds is 4. The summed E-state index contributed by atoms with van der Waals surface area (Å²) in [5.41, 5.74) is 0.459. The Balaban J connectivity index is 2.54. The summed E-state index contributed by atoms with van der Waals surface area (Å²) in [4.78, 5) is 7.94. The number of nitrogens with zero attached hydrogens (tertiary/aromatic N) is 3. The minimum Gasteiger partial charge on any atom is -0.305 e. The minimum absolute atomic E-state index is 0.0932. The second kappa shape index (κ2) is 4.96. The van der Waals surface area contributed by atoms with Crippen LogP contribution < -0.4 is 0 Å². The zero-order valence-corrected chi connectivity index (χ0v) is 10.6. The van der Waals surface area contributed by atoms with Crippen LogP contribution in [0.2, 0.25) is 0 Å². The van der Waals surface area contributed by atoms with E-state index in [0.29, 0.717) is 5.52 Å². The van der Waals surface area contributed by atoms with Crippen LogP contribution in [0.5, 0.6) is 0 Å². The lowest BCUT2D eigenvalue weighted by Crippen LogP contribution is -2.32. The first-order chi connectivity index (χ1) is 8.83. The van der Waals surface area contributed by atoms with Crippen LogP contribution in [0.4, 0.5) is 17.6 Å². The summed E-state index contributed by atoms with van der Waals surface area (Å²) in [7, 11) is 0. The SMILES string of the molecule is CC(Cl)c1nc2cccnc2n1CC(F)(F)C(F)F. The number of hydrogen-bond donors (Lipinski definition) is 0. The van der Waals surface area contributed by atoms with Gasteiger partial charge in [0.15, 0.2) is 5.65 Å². The number of imidazole rings is 1. The van der Waals surface area contributed by atoms with Crippen molar-refractivity contribution in [3.63, 3.8) is 0 Å². The molecule has 104 valence electrons. The van der Waals surface area contributed by atoms with Gasteiger partial charge in [0.05, 0.1) is 11.9 Å². The Morgan fingerprint density at radius 2 is 2.11 bits per heavy atom. The van der Waals surface area contributed by atoms with Gasteiger partial charge in [-0.3, -0.25) is 0 Å². The molecule has 0 aromatic carbocycles. The Morgan fingerprint density at radius 1 is 1.42 bits per heavy atom. The molecule has 1 unspecified atom stereocenters. The van der Waals surface area contributed by atoms with Crippen molar-refractivity contribution >= 4 is 22.8 Å². The Bertz CT molecular complexity index is 582. The molecule has 2 aromatic rings. The van der Waals surface area contributed by atoms with Gasteiger partial charge >= 0.3 is 12.3 Å². The quantitative estimate of drug-likeness (QED) is 0.637. The van der Waals surface area contributed by atoms with Crippen LogP contribution in [-0.4, -0.2) is 26.9 Å². The van der Waals surface area contributed by atoms with E-state index in [2.05, 4.69) is 9.97 Å². The van der Waals surface area contributed by atoms with Gasteiger partial charge in [0.2, 0.25) is 0 Å². The van der Waals surface area contributed by atoms with Crippen molar-refractivity contribution in [3.05, 3.63) is 24.2 Å². The summed E-state index contributed by atoms with van der Waals surface area (Å²) in [5, 5.41) is -0.692. The van der Waals surface area contributed by atoms with Crippen molar-refractivity contribution in [1.29, 1.82) is 0 Å². The first-order valence-electron chi connectivity index (χ1n) is 5.44. The number of alkyl halides is 5. The molecule has 19 heavy (non-hydrogen) atoms. The topological polar surface area (TPSA) is 30.7 Å². The number of hydrogen-bond acceptors (Lipinski definition) is 2. The largest absolute Gasteiger partial charge is 0.324 e. The lowest BCUT2D eigenvalue weighted by atomic mass is 10.3. The van der Waals surface area contributed by atoms with Gasteiger partial charge in [-0.15, -0.1) is 11.6 Å². The molecule has 0 fully saturated rings. The zero-order valence-electron chi connectivity index (χ0n) is 9.83. The molecule has 0 amide bonds. The average Bonchev–Trinajstić information content (AvgIpc) is 2.68. The maximum atomic E-state index is 13.2. The highest BCUT2D eigenvalue weighted by atomic mass is 35.5. The lowest BCUT2D eigenvalue weighted by molar-refractivity contribution is -0.137. The van der Waals surface area contributed by atoms with Crippen LogP contribution in [0.15, 0.2) is 18.3 Å². The summed E-state index contributed by atoms with van der Waals surface area (Å²) in [6.45, 7) is 0.324. The highest BCUT2D eigenvalue weighted by Gasteiger charge is 2.42. The molecule has 0 bridgehead atoms. The van der Waals surface area contributed by atoms with Crippen molar-refractivity contribution < 1.29 is 17.6 Å². The Hall–Kier alpha value is -1.37. The van der Waals surface area contributed by atoms with Gasteiger partial charge < -0.3 is 4.57 Å². The van der Waals surface area contributed by atoms with E-state index in [4.69, 9.17) is 11.6 Å². The van der Waals surface area contributed by atoms with Crippen molar-refractivity contribution in [3.8, 4) is 0 Å². The molecule has 0 saturated carbocycles. The average molecular weight is 296 g/mol. The van der Waals surface area contributed by atoms with E-state index in [1.165, 1.54) is 13.1 Å². The van der Waals surface area contributed by atoms with E-state index < -0.39 is 24.3 Å². The molecule has 0 saturated heterocycles. The van der Waals surface area contributed by atoms with Gasteiger partial charge in [0, 0.05) is 6.20 Å². The molecule has 2 heterocycles. The molecule has 1 atom stereocenters. The first kappa shape index (κ1) is 14.0. The molecule has 3 nitrogen and oxygen atoms in total. The summed E-state index contributed by atoms with van der Waals surface area (Å²) in [6.07, 6.45) is -2.38. The lowest BCUT2D eigenvalue weighted by Gasteiger charge is -2.18. The van der Waals surface area contributed by atoms with Gasteiger partial charge in [0.25, 0.3) is 0 Å². The predicted molar refractivity (Wildman–Crippen MR) is 62.7 cm³/mol. The maximum Gasteiger partial charge on any atom is 0.324 e. The summed E-state index contributed by atoms with van der Waals surface area (Å²) in [5.74, 6) is -4.07. The van der Waals surface area contributed by atoms with E-state index in [1.807, 2.05) is 0 Å². The minimum atomic E-state index is -4.16. The molecule has 0 aliphatic carbocycles. The molecule has 2 aromatic heterocycles. The van der Waals surface area contributed by atoms with E-state index in [-0.39, 0.29) is 11.5 Å². The second-order valence-electron chi connectivity index (χ2n) is 4.08.